The highest BCUT2D eigenvalue weighted by molar-refractivity contribution is 6.31. The molecular weight excluding hydrogens is 288 g/mol. The predicted octanol–water partition coefficient (Wildman–Crippen LogP) is 1.39. The summed E-state index contributed by atoms with van der Waals surface area (Å²) >= 11 is 5.75. The molecule has 0 amide bonds. The normalized spacial score (nSPS) is 13.6. The predicted molar refractivity (Wildman–Crippen MR) is 70.6 cm³/mol. The monoisotopic (exact) mass is 302 g/mol. The van der Waals surface area contributed by atoms with Crippen LogP contribution < -0.4 is 0 Å². The molecule has 20 heavy (non-hydrogen) atoms. The molecule has 0 aliphatic heterocycles. The van der Waals surface area contributed by atoms with Crippen LogP contribution in [0.5, 0.6) is 0 Å². The Morgan fingerprint density at radius 1 is 1.30 bits per heavy atom. The molecule has 2 unspecified atom stereocenters. The van der Waals surface area contributed by atoms with Crippen molar-refractivity contribution >= 4 is 23.5 Å². The minimum absolute atomic E-state index is 0.113. The third-order valence-electron chi connectivity index (χ3n) is 2.55. The average Bonchev–Trinajstić information content (AvgIpc) is 2.37. The maximum absolute atomic E-state index is 11.2. The quantitative estimate of drug-likeness (QED) is 0.686. The molecule has 3 N–H and O–H groups in total. The third-order valence-corrected chi connectivity index (χ3v) is 2.77. The van der Waals surface area contributed by atoms with E-state index in [1.165, 1.54) is 18.2 Å². The molecule has 0 aromatic heterocycles. The summed E-state index contributed by atoms with van der Waals surface area (Å²) in [6.07, 6.45) is -3.24. The van der Waals surface area contributed by atoms with Crippen molar-refractivity contribution in [2.75, 3.05) is 6.61 Å². The van der Waals surface area contributed by atoms with Crippen LogP contribution in [0, 0.1) is 0 Å². The van der Waals surface area contributed by atoms with Gasteiger partial charge in [-0.1, -0.05) is 11.6 Å². The van der Waals surface area contributed by atoms with E-state index in [0.29, 0.717) is 0 Å². The van der Waals surface area contributed by atoms with Gasteiger partial charge in [0.25, 0.3) is 0 Å². The van der Waals surface area contributed by atoms with Gasteiger partial charge in [-0.15, -0.1) is 0 Å². The Labute approximate surface area is 120 Å². The molecule has 0 saturated heterocycles. The van der Waals surface area contributed by atoms with Crippen LogP contribution in [0.25, 0.3) is 0 Å². The highest BCUT2D eigenvalue weighted by Crippen LogP contribution is 2.24. The summed E-state index contributed by atoms with van der Waals surface area (Å²) in [4.78, 5) is 22.1. The van der Waals surface area contributed by atoms with Crippen LogP contribution in [0.3, 0.4) is 0 Å². The van der Waals surface area contributed by atoms with E-state index < -0.39 is 30.6 Å². The molecule has 0 radical (unpaired) electrons. The first kappa shape index (κ1) is 16.4. The minimum atomic E-state index is -1.43. The second-order valence-electron chi connectivity index (χ2n) is 4.10. The summed E-state index contributed by atoms with van der Waals surface area (Å²) in [6.45, 7) is 1.79. The standard InChI is InChI=1S/C13H15ClO6/c1-2-20-11(16)6-10(15)12(17)7-3-8(13(18)19)5-9(14)4-7/h3-5,10,12,15,17H,2,6H2,1H3,(H,18,19). The first-order valence-corrected chi connectivity index (χ1v) is 6.28. The maximum atomic E-state index is 11.2. The van der Waals surface area contributed by atoms with Gasteiger partial charge >= 0.3 is 11.9 Å². The van der Waals surface area contributed by atoms with Crippen LogP contribution in [-0.2, 0) is 9.53 Å². The lowest BCUT2D eigenvalue weighted by Crippen LogP contribution is -2.23. The molecule has 1 aromatic rings. The second-order valence-corrected chi connectivity index (χ2v) is 4.54. The molecule has 110 valence electrons. The number of benzene rings is 1. The number of carboxylic acid groups (broad SMARTS) is 1. The van der Waals surface area contributed by atoms with Crippen molar-refractivity contribution in [2.24, 2.45) is 0 Å². The van der Waals surface area contributed by atoms with E-state index >= 15 is 0 Å². The lowest BCUT2D eigenvalue weighted by Gasteiger charge is -2.18. The van der Waals surface area contributed by atoms with Crippen LogP contribution in [0.1, 0.15) is 35.4 Å². The van der Waals surface area contributed by atoms with E-state index in [1.807, 2.05) is 0 Å². The molecule has 6 nitrogen and oxygen atoms in total. The van der Waals surface area contributed by atoms with Crippen molar-refractivity contribution in [3.8, 4) is 0 Å². The summed E-state index contributed by atoms with van der Waals surface area (Å²) in [7, 11) is 0. The van der Waals surface area contributed by atoms with Gasteiger partial charge in [-0.25, -0.2) is 4.79 Å². The number of rotatable bonds is 6. The number of aliphatic hydroxyl groups excluding tert-OH is 2. The minimum Gasteiger partial charge on any atom is -0.478 e. The van der Waals surface area contributed by atoms with E-state index in [-0.39, 0.29) is 22.8 Å². The zero-order valence-corrected chi connectivity index (χ0v) is 11.5. The van der Waals surface area contributed by atoms with E-state index in [2.05, 4.69) is 4.74 Å². The van der Waals surface area contributed by atoms with Crippen molar-refractivity contribution in [1.29, 1.82) is 0 Å². The van der Waals surface area contributed by atoms with E-state index in [4.69, 9.17) is 16.7 Å². The molecule has 0 spiro atoms. The van der Waals surface area contributed by atoms with Crippen molar-refractivity contribution in [3.05, 3.63) is 34.3 Å². The van der Waals surface area contributed by atoms with Crippen LogP contribution in [0.15, 0.2) is 18.2 Å². The van der Waals surface area contributed by atoms with Gasteiger partial charge in [0.1, 0.15) is 6.10 Å². The number of carbonyl (C=O) groups is 2. The Kier molecular flexibility index (Phi) is 5.94. The van der Waals surface area contributed by atoms with Gasteiger partial charge in [-0.2, -0.15) is 0 Å². The molecule has 0 saturated carbocycles. The topological polar surface area (TPSA) is 104 Å². The zero-order chi connectivity index (χ0) is 15.3. The number of esters is 1. The molecular formula is C13H15ClO6. The Bertz CT molecular complexity index is 502. The summed E-state index contributed by atoms with van der Waals surface area (Å²) in [5, 5.41) is 28.7. The van der Waals surface area contributed by atoms with Crippen LogP contribution in [0.2, 0.25) is 5.02 Å². The molecule has 0 bridgehead atoms. The van der Waals surface area contributed by atoms with Gasteiger partial charge in [0, 0.05) is 5.02 Å². The summed E-state index contributed by atoms with van der Waals surface area (Å²) in [5.74, 6) is -1.86. The second kappa shape index (κ2) is 7.23. The number of carbonyl (C=O) groups excluding carboxylic acids is 1. The lowest BCUT2D eigenvalue weighted by atomic mass is 10.00. The molecule has 2 atom stereocenters. The highest BCUT2D eigenvalue weighted by atomic mass is 35.5. The third kappa shape index (κ3) is 4.48. The highest BCUT2D eigenvalue weighted by Gasteiger charge is 2.23. The summed E-state index contributed by atoms with van der Waals surface area (Å²) in [5.41, 5.74) is 0.00147. The fourth-order valence-electron chi connectivity index (χ4n) is 1.63. The van der Waals surface area contributed by atoms with E-state index in [9.17, 15) is 19.8 Å². The number of ether oxygens (including phenoxy) is 1. The zero-order valence-electron chi connectivity index (χ0n) is 10.7. The Morgan fingerprint density at radius 3 is 2.50 bits per heavy atom. The van der Waals surface area contributed by atoms with Crippen molar-refractivity contribution < 1.29 is 29.6 Å². The van der Waals surface area contributed by atoms with Gasteiger partial charge in [-0.3, -0.25) is 4.79 Å². The Balaban J connectivity index is 2.88. The molecule has 7 heteroatoms. The number of carboxylic acids is 1. The fraction of sp³-hybridized carbons (Fsp3) is 0.385. The van der Waals surface area contributed by atoms with Gasteiger partial charge in [0.2, 0.25) is 0 Å². The van der Waals surface area contributed by atoms with E-state index in [1.54, 1.807) is 6.92 Å². The van der Waals surface area contributed by atoms with Crippen molar-refractivity contribution in [1.82, 2.24) is 0 Å². The largest absolute Gasteiger partial charge is 0.478 e. The van der Waals surface area contributed by atoms with Gasteiger partial charge in [0.05, 0.1) is 24.7 Å². The average molecular weight is 303 g/mol. The van der Waals surface area contributed by atoms with Crippen molar-refractivity contribution in [3.63, 3.8) is 0 Å². The lowest BCUT2D eigenvalue weighted by molar-refractivity contribution is -0.147. The van der Waals surface area contributed by atoms with Gasteiger partial charge in [0.15, 0.2) is 0 Å². The Morgan fingerprint density at radius 2 is 1.95 bits per heavy atom. The first-order valence-electron chi connectivity index (χ1n) is 5.90. The SMILES string of the molecule is CCOC(=O)CC(O)C(O)c1cc(Cl)cc(C(=O)O)c1. The molecule has 1 aromatic carbocycles. The van der Waals surface area contributed by atoms with Crippen molar-refractivity contribution in [2.45, 2.75) is 25.6 Å². The summed E-state index contributed by atoms with van der Waals surface area (Å²) in [6, 6.07) is 3.73. The van der Waals surface area contributed by atoms with Crippen LogP contribution in [-0.4, -0.2) is 40.0 Å². The number of halogens is 1. The summed E-state index contributed by atoms with van der Waals surface area (Å²) < 4.78 is 4.65. The molecule has 0 aliphatic carbocycles. The number of hydrogen-bond donors (Lipinski definition) is 3. The van der Waals surface area contributed by atoms with Gasteiger partial charge in [-0.05, 0) is 30.7 Å². The maximum Gasteiger partial charge on any atom is 0.335 e. The molecule has 0 heterocycles. The fourth-order valence-corrected chi connectivity index (χ4v) is 1.87. The number of aromatic carboxylic acids is 1. The van der Waals surface area contributed by atoms with E-state index in [0.717, 1.165) is 0 Å². The molecule has 1 rings (SSSR count). The number of hydrogen-bond acceptors (Lipinski definition) is 5. The smallest absolute Gasteiger partial charge is 0.335 e. The molecule has 0 aliphatic rings. The van der Waals surface area contributed by atoms with Gasteiger partial charge < -0.3 is 20.1 Å². The van der Waals surface area contributed by atoms with Crippen LogP contribution >= 0.6 is 11.6 Å². The van der Waals surface area contributed by atoms with Crippen LogP contribution in [0.4, 0.5) is 0 Å². The molecule has 0 fully saturated rings. The number of aliphatic hydroxyl groups is 2. The first-order chi connectivity index (χ1) is 9.35. The Hall–Kier alpha value is -1.63.